The van der Waals surface area contributed by atoms with E-state index in [-0.39, 0.29) is 6.10 Å². The Kier molecular flexibility index (Phi) is 2.37. The average molecular weight is 230 g/mol. The summed E-state index contributed by atoms with van der Waals surface area (Å²) in [7, 11) is 1.67. The van der Waals surface area contributed by atoms with Crippen molar-refractivity contribution >= 4 is 16.6 Å². The Balaban J connectivity index is 2.13. The number of pyridine rings is 1. The Morgan fingerprint density at radius 3 is 2.82 bits per heavy atom. The molecule has 1 aromatic heterocycles. The minimum atomic E-state index is -0.224. The second-order valence-electron chi connectivity index (χ2n) is 4.25. The van der Waals surface area contributed by atoms with Crippen LogP contribution in [0.3, 0.4) is 0 Å². The lowest BCUT2D eigenvalue weighted by Gasteiger charge is -2.37. The number of rotatable bonds is 2. The number of aliphatic hydroxyl groups excluding tert-OH is 1. The second kappa shape index (κ2) is 3.89. The molecule has 0 amide bonds. The molecule has 1 aliphatic heterocycles. The van der Waals surface area contributed by atoms with Gasteiger partial charge >= 0.3 is 0 Å². The smallest absolute Gasteiger partial charge is 0.136 e. The van der Waals surface area contributed by atoms with Crippen molar-refractivity contribution in [3.05, 3.63) is 30.5 Å². The summed E-state index contributed by atoms with van der Waals surface area (Å²) in [5, 5.41) is 11.5. The molecule has 2 heterocycles. The molecule has 4 heteroatoms. The lowest BCUT2D eigenvalue weighted by Crippen LogP contribution is -2.51. The summed E-state index contributed by atoms with van der Waals surface area (Å²) >= 11 is 0. The average Bonchev–Trinajstić information content (AvgIpc) is 2.33. The van der Waals surface area contributed by atoms with Gasteiger partial charge in [0.15, 0.2) is 0 Å². The first-order valence-electron chi connectivity index (χ1n) is 5.64. The molecule has 1 N–H and O–H groups in total. The third-order valence-corrected chi connectivity index (χ3v) is 3.13. The minimum Gasteiger partial charge on any atom is -0.496 e. The minimum absolute atomic E-state index is 0.224. The van der Waals surface area contributed by atoms with Crippen molar-refractivity contribution < 1.29 is 9.84 Å². The fraction of sp³-hybridized carbons (Fsp3) is 0.308. The van der Waals surface area contributed by atoms with E-state index in [1.165, 1.54) is 0 Å². The van der Waals surface area contributed by atoms with Gasteiger partial charge in [0.1, 0.15) is 11.6 Å². The monoisotopic (exact) mass is 230 g/mol. The van der Waals surface area contributed by atoms with E-state index in [0.717, 1.165) is 22.3 Å². The molecule has 0 radical (unpaired) electrons. The topological polar surface area (TPSA) is 45.6 Å². The zero-order valence-corrected chi connectivity index (χ0v) is 9.63. The van der Waals surface area contributed by atoms with Crippen LogP contribution in [0.4, 0.5) is 5.82 Å². The van der Waals surface area contributed by atoms with E-state index in [1.54, 1.807) is 13.3 Å². The highest BCUT2D eigenvalue weighted by Gasteiger charge is 2.26. The summed E-state index contributed by atoms with van der Waals surface area (Å²) in [5.41, 5.74) is 0. The number of anilines is 1. The Morgan fingerprint density at radius 2 is 2.12 bits per heavy atom. The zero-order chi connectivity index (χ0) is 11.8. The van der Waals surface area contributed by atoms with Crippen LogP contribution < -0.4 is 9.64 Å². The number of benzene rings is 1. The normalized spacial score (nSPS) is 16.0. The van der Waals surface area contributed by atoms with Gasteiger partial charge in [-0.2, -0.15) is 0 Å². The standard InChI is InChI=1S/C13H14N2O2/c1-17-12-4-2-3-11-10(12)5-6-14-13(11)15-7-9(16)8-15/h2-6,9,16H,7-8H2,1H3. The molecule has 0 unspecified atom stereocenters. The molecule has 0 atom stereocenters. The van der Waals surface area contributed by atoms with E-state index in [4.69, 9.17) is 4.74 Å². The fourth-order valence-corrected chi connectivity index (χ4v) is 2.22. The third kappa shape index (κ3) is 1.61. The van der Waals surface area contributed by atoms with Gasteiger partial charge in [0.2, 0.25) is 0 Å². The van der Waals surface area contributed by atoms with Gasteiger partial charge in [0.25, 0.3) is 0 Å². The molecular formula is C13H14N2O2. The molecule has 1 fully saturated rings. The van der Waals surface area contributed by atoms with Gasteiger partial charge in [0.05, 0.1) is 13.2 Å². The van der Waals surface area contributed by atoms with Crippen LogP contribution >= 0.6 is 0 Å². The van der Waals surface area contributed by atoms with E-state index in [1.807, 2.05) is 24.3 Å². The van der Waals surface area contributed by atoms with Crippen molar-refractivity contribution in [2.24, 2.45) is 0 Å². The number of nitrogens with zero attached hydrogens (tertiary/aromatic N) is 2. The van der Waals surface area contributed by atoms with Gasteiger partial charge < -0.3 is 14.7 Å². The van der Waals surface area contributed by atoms with E-state index in [2.05, 4.69) is 9.88 Å². The SMILES string of the molecule is COc1cccc2c(N3CC(O)C3)nccc12. The van der Waals surface area contributed by atoms with Crippen LogP contribution in [0.2, 0.25) is 0 Å². The van der Waals surface area contributed by atoms with Crippen molar-refractivity contribution in [2.75, 3.05) is 25.1 Å². The van der Waals surface area contributed by atoms with Crippen LogP contribution in [0.15, 0.2) is 30.5 Å². The number of aromatic nitrogens is 1. The highest BCUT2D eigenvalue weighted by Crippen LogP contribution is 2.32. The molecule has 4 nitrogen and oxygen atoms in total. The van der Waals surface area contributed by atoms with Crippen LogP contribution in [0.25, 0.3) is 10.8 Å². The summed E-state index contributed by atoms with van der Waals surface area (Å²) in [6, 6.07) is 7.89. The fourth-order valence-electron chi connectivity index (χ4n) is 2.22. The number of aliphatic hydroxyl groups is 1. The van der Waals surface area contributed by atoms with Gasteiger partial charge in [-0.15, -0.1) is 0 Å². The van der Waals surface area contributed by atoms with Crippen molar-refractivity contribution in [1.29, 1.82) is 0 Å². The highest BCUT2D eigenvalue weighted by atomic mass is 16.5. The number of β-amino-alcohol motifs (C(OH)–C–C–N with tert-alkyl or cyclic N) is 1. The first kappa shape index (κ1) is 10.4. The van der Waals surface area contributed by atoms with Crippen LogP contribution in [0.5, 0.6) is 5.75 Å². The summed E-state index contributed by atoms with van der Waals surface area (Å²) in [5.74, 6) is 1.78. The predicted molar refractivity (Wildman–Crippen MR) is 66.5 cm³/mol. The van der Waals surface area contributed by atoms with Crippen molar-refractivity contribution in [3.63, 3.8) is 0 Å². The number of methoxy groups -OCH3 is 1. The Hall–Kier alpha value is -1.81. The summed E-state index contributed by atoms with van der Waals surface area (Å²) in [6.07, 6.45) is 1.56. The van der Waals surface area contributed by atoms with Crippen molar-refractivity contribution in [3.8, 4) is 5.75 Å². The highest BCUT2D eigenvalue weighted by molar-refractivity contribution is 5.96. The molecule has 88 valence electrons. The molecular weight excluding hydrogens is 216 g/mol. The first-order valence-corrected chi connectivity index (χ1v) is 5.64. The van der Waals surface area contributed by atoms with Crippen LogP contribution in [0, 0.1) is 0 Å². The number of hydrogen-bond donors (Lipinski definition) is 1. The molecule has 1 aliphatic rings. The maximum atomic E-state index is 9.36. The van der Waals surface area contributed by atoms with E-state index in [0.29, 0.717) is 13.1 Å². The number of fused-ring (bicyclic) bond motifs is 1. The lowest BCUT2D eigenvalue weighted by atomic mass is 10.1. The molecule has 0 aliphatic carbocycles. The summed E-state index contributed by atoms with van der Waals surface area (Å²) < 4.78 is 5.34. The van der Waals surface area contributed by atoms with Gasteiger partial charge in [-0.25, -0.2) is 4.98 Å². The number of hydrogen-bond acceptors (Lipinski definition) is 4. The molecule has 0 bridgehead atoms. The van der Waals surface area contributed by atoms with E-state index in [9.17, 15) is 5.11 Å². The molecule has 1 aromatic carbocycles. The molecule has 0 saturated carbocycles. The summed E-state index contributed by atoms with van der Waals surface area (Å²) in [4.78, 5) is 6.47. The molecule has 17 heavy (non-hydrogen) atoms. The van der Waals surface area contributed by atoms with Gasteiger partial charge in [-0.05, 0) is 12.1 Å². The van der Waals surface area contributed by atoms with Crippen LogP contribution in [-0.2, 0) is 0 Å². The molecule has 0 spiro atoms. The maximum Gasteiger partial charge on any atom is 0.136 e. The maximum absolute atomic E-state index is 9.36. The molecule has 2 aromatic rings. The third-order valence-electron chi connectivity index (χ3n) is 3.13. The van der Waals surface area contributed by atoms with Crippen LogP contribution in [0.1, 0.15) is 0 Å². The zero-order valence-electron chi connectivity index (χ0n) is 9.63. The van der Waals surface area contributed by atoms with Crippen molar-refractivity contribution in [2.45, 2.75) is 6.10 Å². The lowest BCUT2D eigenvalue weighted by molar-refractivity contribution is 0.141. The Labute approximate surface area is 99.5 Å². The number of ether oxygens (including phenoxy) is 1. The summed E-state index contributed by atoms with van der Waals surface area (Å²) in [6.45, 7) is 1.31. The largest absolute Gasteiger partial charge is 0.496 e. The van der Waals surface area contributed by atoms with Gasteiger partial charge in [-0.1, -0.05) is 12.1 Å². The first-order chi connectivity index (χ1) is 8.29. The van der Waals surface area contributed by atoms with E-state index >= 15 is 0 Å². The van der Waals surface area contributed by atoms with Gasteiger partial charge in [-0.3, -0.25) is 0 Å². The molecule has 3 rings (SSSR count). The Morgan fingerprint density at radius 1 is 1.29 bits per heavy atom. The van der Waals surface area contributed by atoms with Crippen LogP contribution in [-0.4, -0.2) is 36.4 Å². The predicted octanol–water partition coefficient (Wildman–Crippen LogP) is 1.42. The van der Waals surface area contributed by atoms with Gasteiger partial charge in [0, 0.05) is 30.1 Å². The van der Waals surface area contributed by atoms with Crippen molar-refractivity contribution in [1.82, 2.24) is 4.98 Å². The molecule has 1 saturated heterocycles. The Bertz CT molecular complexity index is 550. The van der Waals surface area contributed by atoms with E-state index < -0.39 is 0 Å². The quantitative estimate of drug-likeness (QED) is 0.847. The second-order valence-corrected chi connectivity index (χ2v) is 4.25.